The Balaban J connectivity index is 2.04. The lowest BCUT2D eigenvalue weighted by atomic mass is 10.1. The number of nitrogens with two attached hydrogens (primary N) is 1. The first-order valence-electron chi connectivity index (χ1n) is 6.54. The summed E-state index contributed by atoms with van der Waals surface area (Å²) in [5.74, 6) is 5.20. The van der Waals surface area contributed by atoms with E-state index in [9.17, 15) is 4.79 Å². The second-order valence-corrected chi connectivity index (χ2v) is 4.83. The third-order valence-corrected chi connectivity index (χ3v) is 3.24. The molecule has 1 atom stereocenters. The number of nitrogen functional groups attached to an aromatic ring is 1. The molecule has 0 heterocycles. The van der Waals surface area contributed by atoms with Crippen LogP contribution in [0.5, 0.6) is 0 Å². The standard InChI is InChI=1S/C16H19N3O/c1-11-3-5-13(6-4-11)12(2)18-16(20)14-7-9-15(19-17)10-8-14/h3-10,12,19H,17H2,1-2H3,(H,18,20). The fourth-order valence-corrected chi connectivity index (χ4v) is 1.94. The molecule has 104 valence electrons. The molecule has 0 radical (unpaired) electrons. The van der Waals surface area contributed by atoms with Crippen LogP contribution in [0.2, 0.25) is 0 Å². The van der Waals surface area contributed by atoms with Crippen molar-refractivity contribution in [1.29, 1.82) is 0 Å². The Kier molecular flexibility index (Phi) is 4.38. The van der Waals surface area contributed by atoms with Crippen LogP contribution >= 0.6 is 0 Å². The van der Waals surface area contributed by atoms with E-state index >= 15 is 0 Å². The molecule has 2 rings (SSSR count). The van der Waals surface area contributed by atoms with Crippen LogP contribution in [0, 0.1) is 6.92 Å². The van der Waals surface area contributed by atoms with Gasteiger partial charge in [-0.1, -0.05) is 29.8 Å². The fourth-order valence-electron chi connectivity index (χ4n) is 1.94. The molecule has 20 heavy (non-hydrogen) atoms. The maximum atomic E-state index is 12.1. The lowest BCUT2D eigenvalue weighted by molar-refractivity contribution is 0.0940. The van der Waals surface area contributed by atoms with Gasteiger partial charge in [-0.3, -0.25) is 10.6 Å². The van der Waals surface area contributed by atoms with Gasteiger partial charge >= 0.3 is 0 Å². The highest BCUT2D eigenvalue weighted by molar-refractivity contribution is 5.94. The maximum Gasteiger partial charge on any atom is 0.251 e. The smallest absolute Gasteiger partial charge is 0.251 e. The van der Waals surface area contributed by atoms with E-state index in [1.165, 1.54) is 5.56 Å². The van der Waals surface area contributed by atoms with Gasteiger partial charge in [0, 0.05) is 11.3 Å². The number of amides is 1. The van der Waals surface area contributed by atoms with Gasteiger partial charge in [0.15, 0.2) is 0 Å². The van der Waals surface area contributed by atoms with Crippen LogP contribution in [0.1, 0.15) is 34.5 Å². The van der Waals surface area contributed by atoms with E-state index in [-0.39, 0.29) is 11.9 Å². The van der Waals surface area contributed by atoms with E-state index in [0.717, 1.165) is 11.3 Å². The van der Waals surface area contributed by atoms with Crippen LogP contribution in [0.4, 0.5) is 5.69 Å². The fraction of sp³-hybridized carbons (Fsp3) is 0.188. The third kappa shape index (κ3) is 3.36. The van der Waals surface area contributed by atoms with Crippen molar-refractivity contribution in [3.05, 3.63) is 65.2 Å². The Morgan fingerprint density at radius 3 is 2.20 bits per heavy atom. The molecule has 0 aliphatic rings. The molecule has 1 unspecified atom stereocenters. The van der Waals surface area contributed by atoms with Crippen molar-refractivity contribution in [2.45, 2.75) is 19.9 Å². The molecule has 2 aromatic carbocycles. The van der Waals surface area contributed by atoms with Crippen molar-refractivity contribution >= 4 is 11.6 Å². The zero-order valence-electron chi connectivity index (χ0n) is 11.7. The van der Waals surface area contributed by atoms with Crippen LogP contribution in [-0.4, -0.2) is 5.91 Å². The molecule has 4 heteroatoms. The average Bonchev–Trinajstić information content (AvgIpc) is 2.48. The number of aryl methyl sites for hydroxylation is 1. The number of hydrazine groups is 1. The van der Waals surface area contributed by atoms with Gasteiger partial charge < -0.3 is 10.7 Å². The van der Waals surface area contributed by atoms with Crippen LogP contribution in [0.15, 0.2) is 48.5 Å². The first-order chi connectivity index (χ1) is 9.60. The summed E-state index contributed by atoms with van der Waals surface area (Å²) in [6.07, 6.45) is 0. The number of anilines is 1. The molecule has 2 aromatic rings. The first kappa shape index (κ1) is 14.1. The Morgan fingerprint density at radius 2 is 1.65 bits per heavy atom. The van der Waals surface area contributed by atoms with Gasteiger partial charge in [0.05, 0.1) is 6.04 Å². The van der Waals surface area contributed by atoms with Crippen molar-refractivity contribution in [2.75, 3.05) is 5.43 Å². The van der Waals surface area contributed by atoms with Crippen LogP contribution in [0.25, 0.3) is 0 Å². The van der Waals surface area contributed by atoms with Crippen LogP contribution < -0.4 is 16.6 Å². The molecule has 0 bridgehead atoms. The summed E-state index contributed by atoms with van der Waals surface area (Å²) in [5.41, 5.74) is 6.21. The molecule has 0 saturated heterocycles. The minimum absolute atomic E-state index is 0.0320. The number of hydrogen-bond acceptors (Lipinski definition) is 3. The lowest BCUT2D eigenvalue weighted by Gasteiger charge is -2.14. The molecular formula is C16H19N3O. The highest BCUT2D eigenvalue weighted by Gasteiger charge is 2.11. The first-order valence-corrected chi connectivity index (χ1v) is 6.54. The lowest BCUT2D eigenvalue weighted by Crippen LogP contribution is -2.26. The third-order valence-electron chi connectivity index (χ3n) is 3.24. The minimum Gasteiger partial charge on any atom is -0.346 e. The van der Waals surface area contributed by atoms with Crippen molar-refractivity contribution in [3.8, 4) is 0 Å². The largest absolute Gasteiger partial charge is 0.346 e. The highest BCUT2D eigenvalue weighted by atomic mass is 16.1. The Bertz CT molecular complexity index is 576. The van der Waals surface area contributed by atoms with Gasteiger partial charge in [-0.25, -0.2) is 0 Å². The van der Waals surface area contributed by atoms with Crippen LogP contribution in [0.3, 0.4) is 0 Å². The number of nitrogens with one attached hydrogen (secondary N) is 2. The number of carbonyl (C=O) groups is 1. The molecule has 0 aromatic heterocycles. The maximum absolute atomic E-state index is 12.1. The molecule has 0 aliphatic carbocycles. The number of carbonyl (C=O) groups excluding carboxylic acids is 1. The van der Waals surface area contributed by atoms with Gasteiger partial charge in [0.25, 0.3) is 5.91 Å². The Morgan fingerprint density at radius 1 is 1.05 bits per heavy atom. The summed E-state index contributed by atoms with van der Waals surface area (Å²) in [6, 6.07) is 15.1. The van der Waals surface area contributed by atoms with Gasteiger partial charge in [-0.05, 0) is 43.7 Å². The van der Waals surface area contributed by atoms with Gasteiger partial charge in [-0.2, -0.15) is 0 Å². The Labute approximate surface area is 119 Å². The molecule has 4 nitrogen and oxygen atoms in total. The molecule has 0 saturated carbocycles. The monoisotopic (exact) mass is 269 g/mol. The second kappa shape index (κ2) is 6.21. The van der Waals surface area contributed by atoms with Crippen molar-refractivity contribution in [1.82, 2.24) is 5.32 Å². The highest BCUT2D eigenvalue weighted by Crippen LogP contribution is 2.14. The number of rotatable bonds is 4. The average molecular weight is 269 g/mol. The van der Waals surface area contributed by atoms with E-state index in [0.29, 0.717) is 5.56 Å². The summed E-state index contributed by atoms with van der Waals surface area (Å²) in [5, 5.41) is 2.98. The summed E-state index contributed by atoms with van der Waals surface area (Å²) in [6.45, 7) is 4.01. The van der Waals surface area contributed by atoms with E-state index in [4.69, 9.17) is 5.84 Å². The van der Waals surface area contributed by atoms with Gasteiger partial charge in [0.1, 0.15) is 0 Å². The predicted molar refractivity (Wildman–Crippen MR) is 81.3 cm³/mol. The summed E-state index contributed by atoms with van der Waals surface area (Å²) in [4.78, 5) is 12.1. The molecule has 1 amide bonds. The zero-order valence-corrected chi connectivity index (χ0v) is 11.7. The van der Waals surface area contributed by atoms with E-state index in [1.807, 2.05) is 38.1 Å². The van der Waals surface area contributed by atoms with Crippen molar-refractivity contribution in [2.24, 2.45) is 5.84 Å². The molecule has 0 spiro atoms. The predicted octanol–water partition coefficient (Wildman–Crippen LogP) is 2.77. The SMILES string of the molecule is Cc1ccc(C(C)NC(=O)c2ccc(NN)cc2)cc1. The zero-order chi connectivity index (χ0) is 14.5. The summed E-state index contributed by atoms with van der Waals surface area (Å²) in [7, 11) is 0. The summed E-state index contributed by atoms with van der Waals surface area (Å²) < 4.78 is 0. The number of hydrogen-bond donors (Lipinski definition) is 3. The molecule has 0 aliphatic heterocycles. The second-order valence-electron chi connectivity index (χ2n) is 4.83. The summed E-state index contributed by atoms with van der Waals surface area (Å²) >= 11 is 0. The quantitative estimate of drug-likeness (QED) is 0.590. The van der Waals surface area contributed by atoms with Crippen molar-refractivity contribution in [3.63, 3.8) is 0 Å². The van der Waals surface area contributed by atoms with E-state index in [1.54, 1.807) is 24.3 Å². The normalized spacial score (nSPS) is 11.8. The van der Waals surface area contributed by atoms with E-state index < -0.39 is 0 Å². The van der Waals surface area contributed by atoms with Gasteiger partial charge in [0.2, 0.25) is 0 Å². The van der Waals surface area contributed by atoms with Gasteiger partial charge in [-0.15, -0.1) is 0 Å². The van der Waals surface area contributed by atoms with Crippen molar-refractivity contribution < 1.29 is 4.79 Å². The minimum atomic E-state index is -0.0957. The van der Waals surface area contributed by atoms with Crippen LogP contribution in [-0.2, 0) is 0 Å². The molecular weight excluding hydrogens is 250 g/mol. The topological polar surface area (TPSA) is 67.2 Å². The molecule has 4 N–H and O–H groups in total. The van der Waals surface area contributed by atoms with E-state index in [2.05, 4.69) is 10.7 Å². The molecule has 0 fully saturated rings. The Hall–Kier alpha value is -2.33. The number of benzene rings is 2.